The average Bonchev–Trinajstić information content (AvgIpc) is 2.92. The molecule has 218 valence electrons. The van der Waals surface area contributed by atoms with E-state index in [1.54, 1.807) is 93.6 Å². The van der Waals surface area contributed by atoms with E-state index < -0.39 is 27.4 Å². The first-order valence-corrected chi connectivity index (χ1v) is 14.6. The van der Waals surface area contributed by atoms with Gasteiger partial charge in [0.1, 0.15) is 0 Å². The lowest BCUT2D eigenvalue weighted by molar-refractivity contribution is -0.0495. The molecule has 1 aliphatic heterocycles. The number of amidine groups is 1. The van der Waals surface area contributed by atoms with Gasteiger partial charge < -0.3 is 25.7 Å². The summed E-state index contributed by atoms with van der Waals surface area (Å²) in [5.74, 6) is -0.0394. The van der Waals surface area contributed by atoms with Gasteiger partial charge in [0.25, 0.3) is 0 Å². The van der Waals surface area contributed by atoms with Crippen LogP contribution in [0.5, 0.6) is 0 Å². The number of nitrogens with two attached hydrogens (primary N) is 1. The molecule has 0 unspecified atom stereocenters. The first kappa shape index (κ1) is 29.8. The zero-order valence-electron chi connectivity index (χ0n) is 23.2. The molecule has 0 saturated carbocycles. The Balaban J connectivity index is 1.49. The number of sulfonamides is 1. The molecule has 12 heteroatoms. The lowest BCUT2D eigenvalue weighted by Gasteiger charge is -2.38. The number of amides is 1. The van der Waals surface area contributed by atoms with Gasteiger partial charge in [0.2, 0.25) is 10.0 Å². The molecule has 0 aromatic heterocycles. The lowest BCUT2D eigenvalue weighted by atomic mass is 10.0. The highest BCUT2D eigenvalue weighted by atomic mass is 32.2. The molecular formula is C29H35N5O6S. The zero-order valence-corrected chi connectivity index (χ0v) is 24.0. The third kappa shape index (κ3) is 7.75. The van der Waals surface area contributed by atoms with Crippen LogP contribution < -0.4 is 21.1 Å². The Morgan fingerprint density at radius 2 is 1.68 bits per heavy atom. The summed E-state index contributed by atoms with van der Waals surface area (Å²) in [5.41, 5.74) is 6.86. The van der Waals surface area contributed by atoms with E-state index in [0.717, 1.165) is 0 Å². The molecule has 3 aromatic rings. The topological polar surface area (TPSA) is 164 Å². The fraction of sp³-hybridized carbons (Fsp3) is 0.310. The number of hydrogen-bond acceptors (Lipinski definition) is 8. The quantitative estimate of drug-likeness (QED) is 0.0840. The van der Waals surface area contributed by atoms with Crippen LogP contribution in [-0.4, -0.2) is 50.0 Å². The Labute approximate surface area is 239 Å². The number of carbonyl (C=O) groups is 1. The van der Waals surface area contributed by atoms with Crippen molar-refractivity contribution in [2.24, 2.45) is 10.9 Å². The third-order valence-corrected chi connectivity index (χ3v) is 8.10. The monoisotopic (exact) mass is 581 g/mol. The lowest BCUT2D eigenvalue weighted by Crippen LogP contribution is -2.48. The largest absolute Gasteiger partial charge is 0.423 e. The SMILES string of the molecule is CC(C)(C)NS(=O)(=O)c1ccccc1-c1ccc(NC(=O)OC2(Nc3cccc(C(N)=NO)c3)CCOCC2)cc1. The molecule has 1 fully saturated rings. The van der Waals surface area contributed by atoms with Crippen molar-refractivity contribution in [2.75, 3.05) is 23.8 Å². The number of nitrogens with zero attached hydrogens (tertiary/aromatic N) is 1. The van der Waals surface area contributed by atoms with Crippen LogP contribution in [0.2, 0.25) is 0 Å². The number of nitrogens with one attached hydrogen (secondary N) is 3. The Hall–Kier alpha value is -4.13. The molecule has 0 atom stereocenters. The summed E-state index contributed by atoms with van der Waals surface area (Å²) in [5, 5.41) is 18.1. The van der Waals surface area contributed by atoms with Crippen molar-refractivity contribution in [1.29, 1.82) is 0 Å². The molecule has 4 rings (SSSR count). The second-order valence-corrected chi connectivity index (χ2v) is 12.4. The van der Waals surface area contributed by atoms with E-state index in [9.17, 15) is 13.2 Å². The van der Waals surface area contributed by atoms with E-state index in [4.69, 9.17) is 20.4 Å². The summed E-state index contributed by atoms with van der Waals surface area (Å²) in [6.45, 7) is 6.13. The van der Waals surface area contributed by atoms with E-state index in [1.165, 1.54) is 0 Å². The summed E-state index contributed by atoms with van der Waals surface area (Å²) in [6, 6.07) is 20.5. The first-order valence-electron chi connectivity index (χ1n) is 13.1. The number of rotatable bonds is 8. The summed E-state index contributed by atoms with van der Waals surface area (Å²) >= 11 is 0. The van der Waals surface area contributed by atoms with Crippen molar-refractivity contribution < 1.29 is 27.9 Å². The molecule has 0 radical (unpaired) electrons. The Bertz CT molecular complexity index is 1510. The maximum Gasteiger partial charge on any atom is 0.413 e. The zero-order chi connectivity index (χ0) is 29.7. The predicted molar refractivity (Wildman–Crippen MR) is 157 cm³/mol. The van der Waals surface area contributed by atoms with Gasteiger partial charge in [-0.05, 0) is 56.7 Å². The van der Waals surface area contributed by atoms with Crippen LogP contribution in [-0.2, 0) is 19.5 Å². The van der Waals surface area contributed by atoms with Crippen molar-refractivity contribution in [3.8, 4) is 11.1 Å². The second kappa shape index (κ2) is 12.2. The Kier molecular flexibility index (Phi) is 8.86. The fourth-order valence-electron chi connectivity index (χ4n) is 4.48. The van der Waals surface area contributed by atoms with Gasteiger partial charge in [-0.25, -0.2) is 17.9 Å². The molecule has 0 spiro atoms. The van der Waals surface area contributed by atoms with Crippen molar-refractivity contribution in [2.45, 2.75) is 49.8 Å². The number of oxime groups is 1. The predicted octanol–water partition coefficient (Wildman–Crippen LogP) is 4.69. The minimum Gasteiger partial charge on any atom is -0.423 e. The van der Waals surface area contributed by atoms with E-state index in [-0.39, 0.29) is 10.7 Å². The summed E-state index contributed by atoms with van der Waals surface area (Å²) in [6.07, 6.45) is 0.138. The normalized spacial score (nSPS) is 15.6. The molecule has 1 aliphatic rings. The standard InChI is InChI=1S/C29H35N5O6S/c1-28(2,3)34-41(37,38)25-10-5-4-9-24(25)20-11-13-22(14-12-20)31-27(35)40-29(15-17-39-18-16-29)32-23-8-6-7-21(19-23)26(30)33-36/h4-14,19,32,34,36H,15-18H2,1-3H3,(H2,30,33)(H,31,35). The van der Waals surface area contributed by atoms with Crippen molar-refractivity contribution in [1.82, 2.24) is 4.72 Å². The van der Waals surface area contributed by atoms with Gasteiger partial charge in [-0.1, -0.05) is 47.6 Å². The highest BCUT2D eigenvalue weighted by Gasteiger charge is 2.37. The minimum absolute atomic E-state index is 0.0394. The van der Waals surface area contributed by atoms with Crippen LogP contribution in [0, 0.1) is 0 Å². The molecule has 11 nitrogen and oxygen atoms in total. The van der Waals surface area contributed by atoms with E-state index in [2.05, 4.69) is 20.5 Å². The number of ether oxygens (including phenoxy) is 2. The van der Waals surface area contributed by atoms with Crippen molar-refractivity contribution >= 4 is 33.3 Å². The van der Waals surface area contributed by atoms with Crippen LogP contribution in [0.4, 0.5) is 16.2 Å². The van der Waals surface area contributed by atoms with E-state index in [1.807, 2.05) is 0 Å². The van der Waals surface area contributed by atoms with Gasteiger partial charge >= 0.3 is 6.09 Å². The van der Waals surface area contributed by atoms with Gasteiger partial charge in [0.15, 0.2) is 11.6 Å². The molecule has 0 bridgehead atoms. The molecule has 6 N–H and O–H groups in total. The van der Waals surface area contributed by atoms with Gasteiger partial charge in [-0.2, -0.15) is 0 Å². The van der Waals surface area contributed by atoms with Crippen LogP contribution >= 0.6 is 0 Å². The van der Waals surface area contributed by atoms with Crippen molar-refractivity contribution in [3.05, 3.63) is 78.4 Å². The number of carbonyl (C=O) groups excluding carboxylic acids is 1. The molecular weight excluding hydrogens is 546 g/mol. The molecule has 3 aromatic carbocycles. The van der Waals surface area contributed by atoms with Crippen LogP contribution in [0.1, 0.15) is 39.2 Å². The number of benzene rings is 3. The van der Waals surface area contributed by atoms with Gasteiger partial charge in [0, 0.05) is 40.9 Å². The maximum absolute atomic E-state index is 13.0. The maximum atomic E-state index is 13.0. The summed E-state index contributed by atoms with van der Waals surface area (Å²) in [4.78, 5) is 13.2. The highest BCUT2D eigenvalue weighted by molar-refractivity contribution is 7.89. The smallest absolute Gasteiger partial charge is 0.413 e. The van der Waals surface area contributed by atoms with Gasteiger partial charge in [-0.15, -0.1) is 0 Å². The number of anilines is 2. The Morgan fingerprint density at radius 3 is 2.34 bits per heavy atom. The molecule has 1 heterocycles. The second-order valence-electron chi connectivity index (χ2n) is 10.7. The molecule has 0 aliphatic carbocycles. The van der Waals surface area contributed by atoms with Crippen LogP contribution in [0.25, 0.3) is 11.1 Å². The summed E-state index contributed by atoms with van der Waals surface area (Å²) in [7, 11) is -3.77. The first-order chi connectivity index (χ1) is 19.4. The summed E-state index contributed by atoms with van der Waals surface area (Å²) < 4.78 is 40.2. The fourth-order valence-corrected chi connectivity index (χ4v) is 6.13. The number of hydrogen-bond donors (Lipinski definition) is 5. The molecule has 41 heavy (non-hydrogen) atoms. The van der Waals surface area contributed by atoms with Gasteiger partial charge in [0.05, 0.1) is 18.1 Å². The van der Waals surface area contributed by atoms with E-state index in [0.29, 0.717) is 54.1 Å². The van der Waals surface area contributed by atoms with Gasteiger partial charge in [-0.3, -0.25) is 5.32 Å². The highest BCUT2D eigenvalue weighted by Crippen LogP contribution is 2.31. The van der Waals surface area contributed by atoms with Crippen molar-refractivity contribution in [3.63, 3.8) is 0 Å². The van der Waals surface area contributed by atoms with Crippen LogP contribution in [0.3, 0.4) is 0 Å². The third-order valence-electron chi connectivity index (χ3n) is 6.29. The van der Waals surface area contributed by atoms with E-state index >= 15 is 0 Å². The minimum atomic E-state index is -3.77. The molecule has 1 saturated heterocycles. The molecule has 1 amide bonds. The van der Waals surface area contributed by atoms with Crippen LogP contribution in [0.15, 0.2) is 82.8 Å². The average molecular weight is 582 g/mol. The Morgan fingerprint density at radius 1 is 1.00 bits per heavy atom.